The predicted octanol–water partition coefficient (Wildman–Crippen LogP) is 4.09. The fourth-order valence-electron chi connectivity index (χ4n) is 3.20. The first-order valence-electron chi connectivity index (χ1n) is 8.60. The van der Waals surface area contributed by atoms with E-state index in [1.165, 1.54) is 24.0 Å². The van der Waals surface area contributed by atoms with Gasteiger partial charge in [0, 0.05) is 25.2 Å². The van der Waals surface area contributed by atoms with Crippen molar-refractivity contribution in [3.63, 3.8) is 0 Å². The van der Waals surface area contributed by atoms with Crippen molar-refractivity contribution >= 4 is 29.3 Å². The predicted molar refractivity (Wildman–Crippen MR) is 102 cm³/mol. The van der Waals surface area contributed by atoms with Gasteiger partial charge in [-0.1, -0.05) is 18.2 Å². The number of rotatable bonds is 3. The Hall–Kier alpha value is -2.95. The SMILES string of the molecule is CC(=O)Nc1ccc(/C=C/C(=O)N2CCCc3cc(C)cc(F)c32)cc1. The molecule has 0 radical (unpaired) electrons. The molecule has 1 aliphatic heterocycles. The first-order chi connectivity index (χ1) is 12.4. The Morgan fingerprint density at radius 2 is 1.92 bits per heavy atom. The molecule has 2 amide bonds. The minimum atomic E-state index is -0.346. The van der Waals surface area contributed by atoms with Crippen LogP contribution in [0.3, 0.4) is 0 Å². The molecule has 0 aliphatic carbocycles. The monoisotopic (exact) mass is 352 g/mol. The molecule has 0 saturated carbocycles. The number of amides is 2. The minimum Gasteiger partial charge on any atom is -0.326 e. The van der Waals surface area contributed by atoms with E-state index in [0.29, 0.717) is 17.9 Å². The van der Waals surface area contributed by atoms with Crippen LogP contribution in [0.15, 0.2) is 42.5 Å². The number of halogens is 1. The van der Waals surface area contributed by atoms with Gasteiger partial charge >= 0.3 is 0 Å². The zero-order valence-corrected chi connectivity index (χ0v) is 14.9. The molecule has 1 N–H and O–H groups in total. The lowest BCUT2D eigenvalue weighted by molar-refractivity contribution is -0.115. The number of benzene rings is 2. The van der Waals surface area contributed by atoms with E-state index in [4.69, 9.17) is 0 Å². The molecule has 3 rings (SSSR count). The zero-order chi connectivity index (χ0) is 18.7. The van der Waals surface area contributed by atoms with Gasteiger partial charge < -0.3 is 10.2 Å². The Labute approximate surface area is 152 Å². The van der Waals surface area contributed by atoms with Crippen molar-refractivity contribution < 1.29 is 14.0 Å². The van der Waals surface area contributed by atoms with Crippen molar-refractivity contribution in [1.29, 1.82) is 0 Å². The number of carbonyl (C=O) groups is 2. The second-order valence-electron chi connectivity index (χ2n) is 6.48. The number of carbonyl (C=O) groups excluding carboxylic acids is 2. The van der Waals surface area contributed by atoms with Crippen LogP contribution in [0.5, 0.6) is 0 Å². The first kappa shape index (κ1) is 17.9. The van der Waals surface area contributed by atoms with Crippen LogP contribution in [0.2, 0.25) is 0 Å². The third-order valence-electron chi connectivity index (χ3n) is 4.30. The summed E-state index contributed by atoms with van der Waals surface area (Å²) < 4.78 is 14.4. The third-order valence-corrected chi connectivity index (χ3v) is 4.30. The summed E-state index contributed by atoms with van der Waals surface area (Å²) in [6, 6.07) is 10.6. The number of aryl methyl sites for hydroxylation is 2. The van der Waals surface area contributed by atoms with E-state index in [-0.39, 0.29) is 17.6 Å². The molecule has 1 aliphatic rings. The van der Waals surface area contributed by atoms with Gasteiger partial charge in [-0.15, -0.1) is 0 Å². The average molecular weight is 352 g/mol. The van der Waals surface area contributed by atoms with E-state index in [0.717, 1.165) is 29.5 Å². The molecule has 2 aromatic carbocycles. The largest absolute Gasteiger partial charge is 0.326 e. The maximum Gasteiger partial charge on any atom is 0.251 e. The van der Waals surface area contributed by atoms with Crippen LogP contribution in [-0.2, 0) is 16.0 Å². The second-order valence-corrected chi connectivity index (χ2v) is 6.48. The summed E-state index contributed by atoms with van der Waals surface area (Å²) in [6.07, 6.45) is 4.76. The summed E-state index contributed by atoms with van der Waals surface area (Å²) in [6.45, 7) is 3.82. The number of hydrogen-bond acceptors (Lipinski definition) is 2. The lowest BCUT2D eigenvalue weighted by atomic mass is 9.99. The van der Waals surface area contributed by atoms with E-state index in [1.54, 1.807) is 18.2 Å². The van der Waals surface area contributed by atoms with Crippen molar-refractivity contribution in [1.82, 2.24) is 0 Å². The lowest BCUT2D eigenvalue weighted by Crippen LogP contribution is -2.35. The summed E-state index contributed by atoms with van der Waals surface area (Å²) in [4.78, 5) is 25.1. The van der Waals surface area contributed by atoms with Gasteiger partial charge in [0.25, 0.3) is 5.91 Å². The quantitative estimate of drug-likeness (QED) is 0.846. The van der Waals surface area contributed by atoms with Gasteiger partial charge in [0.15, 0.2) is 0 Å². The summed E-state index contributed by atoms with van der Waals surface area (Å²) >= 11 is 0. The molecule has 0 fully saturated rings. The number of nitrogens with zero attached hydrogens (tertiary/aromatic N) is 1. The number of nitrogens with one attached hydrogen (secondary N) is 1. The Bertz CT molecular complexity index is 872. The molecule has 134 valence electrons. The van der Waals surface area contributed by atoms with Crippen molar-refractivity contribution in [2.75, 3.05) is 16.8 Å². The molecule has 0 aromatic heterocycles. The molecule has 2 aromatic rings. The summed E-state index contributed by atoms with van der Waals surface area (Å²) in [5.41, 5.74) is 3.68. The van der Waals surface area contributed by atoms with Gasteiger partial charge in [-0.3, -0.25) is 9.59 Å². The van der Waals surface area contributed by atoms with Crippen LogP contribution < -0.4 is 10.2 Å². The van der Waals surface area contributed by atoms with Crippen molar-refractivity contribution in [3.05, 3.63) is 65.0 Å². The Balaban J connectivity index is 1.77. The van der Waals surface area contributed by atoms with Crippen molar-refractivity contribution in [2.24, 2.45) is 0 Å². The van der Waals surface area contributed by atoms with Crippen molar-refractivity contribution in [2.45, 2.75) is 26.7 Å². The van der Waals surface area contributed by atoms with Crippen LogP contribution >= 0.6 is 0 Å². The highest BCUT2D eigenvalue weighted by Crippen LogP contribution is 2.31. The molecular weight excluding hydrogens is 331 g/mol. The number of hydrogen-bond donors (Lipinski definition) is 1. The molecule has 0 spiro atoms. The summed E-state index contributed by atoms with van der Waals surface area (Å²) in [7, 11) is 0. The highest BCUT2D eigenvalue weighted by atomic mass is 19.1. The Kier molecular flexibility index (Phi) is 5.16. The van der Waals surface area contributed by atoms with Crippen LogP contribution in [0, 0.1) is 12.7 Å². The van der Waals surface area contributed by atoms with E-state index < -0.39 is 0 Å². The molecule has 5 heteroatoms. The zero-order valence-electron chi connectivity index (χ0n) is 14.9. The summed E-state index contributed by atoms with van der Waals surface area (Å²) in [5.74, 6) is -0.717. The smallest absolute Gasteiger partial charge is 0.251 e. The van der Waals surface area contributed by atoms with E-state index in [2.05, 4.69) is 5.32 Å². The maximum atomic E-state index is 14.4. The van der Waals surface area contributed by atoms with Gasteiger partial charge in [0.1, 0.15) is 5.82 Å². The normalized spacial score (nSPS) is 13.6. The average Bonchev–Trinajstić information content (AvgIpc) is 2.59. The topological polar surface area (TPSA) is 49.4 Å². The molecule has 4 nitrogen and oxygen atoms in total. The number of fused-ring (bicyclic) bond motifs is 1. The highest BCUT2D eigenvalue weighted by molar-refractivity contribution is 6.04. The van der Waals surface area contributed by atoms with E-state index in [9.17, 15) is 14.0 Å². The van der Waals surface area contributed by atoms with E-state index >= 15 is 0 Å². The van der Waals surface area contributed by atoms with Crippen molar-refractivity contribution in [3.8, 4) is 0 Å². The Morgan fingerprint density at radius 1 is 1.19 bits per heavy atom. The number of anilines is 2. The standard InChI is InChI=1S/C21H21FN2O2/c1-14-12-17-4-3-11-24(21(17)19(22)13-14)20(26)10-7-16-5-8-18(9-6-16)23-15(2)25/h5-10,12-13H,3-4,11H2,1-2H3,(H,23,25)/b10-7+. The van der Waals surface area contributed by atoms with Crippen LogP contribution in [0.1, 0.15) is 30.0 Å². The second kappa shape index (κ2) is 7.52. The molecule has 0 atom stereocenters. The van der Waals surface area contributed by atoms with Gasteiger partial charge in [-0.05, 0) is 60.7 Å². The third kappa shape index (κ3) is 3.99. The van der Waals surface area contributed by atoms with Crippen LogP contribution in [0.25, 0.3) is 6.08 Å². The fourth-order valence-corrected chi connectivity index (χ4v) is 3.20. The lowest BCUT2D eigenvalue weighted by Gasteiger charge is -2.29. The molecule has 0 saturated heterocycles. The van der Waals surface area contributed by atoms with Gasteiger partial charge in [-0.25, -0.2) is 4.39 Å². The molecule has 1 heterocycles. The van der Waals surface area contributed by atoms with E-state index in [1.807, 2.05) is 25.1 Å². The van der Waals surface area contributed by atoms with Gasteiger partial charge in [-0.2, -0.15) is 0 Å². The molecular formula is C21H21FN2O2. The van der Waals surface area contributed by atoms with Gasteiger partial charge in [0.05, 0.1) is 5.69 Å². The van der Waals surface area contributed by atoms with Crippen LogP contribution in [-0.4, -0.2) is 18.4 Å². The van der Waals surface area contributed by atoms with Crippen LogP contribution in [0.4, 0.5) is 15.8 Å². The van der Waals surface area contributed by atoms with Gasteiger partial charge in [0.2, 0.25) is 5.91 Å². The molecule has 0 bridgehead atoms. The molecule has 0 unspecified atom stereocenters. The Morgan fingerprint density at radius 3 is 2.62 bits per heavy atom. The maximum absolute atomic E-state index is 14.4. The summed E-state index contributed by atoms with van der Waals surface area (Å²) in [5, 5.41) is 2.69. The fraction of sp³-hybridized carbons (Fsp3) is 0.238. The highest BCUT2D eigenvalue weighted by Gasteiger charge is 2.24. The first-order valence-corrected chi connectivity index (χ1v) is 8.60. The molecule has 26 heavy (non-hydrogen) atoms. The minimum absolute atomic E-state index is 0.135.